The second-order valence-electron chi connectivity index (χ2n) is 3.98. The Bertz CT molecular complexity index is 181. The first-order chi connectivity index (χ1) is 6.74. The summed E-state index contributed by atoms with van der Waals surface area (Å²) in [6.07, 6.45) is 6.31. The maximum atomic E-state index is 11.3. The summed E-state index contributed by atoms with van der Waals surface area (Å²) in [6.45, 7) is 4.19. The van der Waals surface area contributed by atoms with Crippen molar-refractivity contribution in [3.63, 3.8) is 0 Å². The molecule has 3 nitrogen and oxygen atoms in total. The van der Waals surface area contributed by atoms with Crippen molar-refractivity contribution in [2.24, 2.45) is 0 Å². The molecule has 1 saturated carbocycles. The van der Waals surface area contributed by atoms with Gasteiger partial charge < -0.3 is 10.1 Å². The third-order valence-corrected chi connectivity index (χ3v) is 2.73. The van der Waals surface area contributed by atoms with Crippen LogP contribution >= 0.6 is 12.4 Å². The number of carbonyl (C=O) groups is 1. The molecule has 0 saturated heterocycles. The zero-order valence-electron chi connectivity index (χ0n) is 9.62. The van der Waals surface area contributed by atoms with Gasteiger partial charge in [-0.2, -0.15) is 0 Å². The number of hydrogen-bond acceptors (Lipinski definition) is 3. The van der Waals surface area contributed by atoms with Crippen molar-refractivity contribution < 1.29 is 9.53 Å². The van der Waals surface area contributed by atoms with E-state index >= 15 is 0 Å². The highest BCUT2D eigenvalue weighted by atomic mass is 35.5. The summed E-state index contributed by atoms with van der Waals surface area (Å²) in [7, 11) is 0. The molecule has 1 fully saturated rings. The zero-order valence-corrected chi connectivity index (χ0v) is 10.4. The molecule has 0 radical (unpaired) electrons. The maximum absolute atomic E-state index is 11.3. The topological polar surface area (TPSA) is 38.3 Å². The average molecular weight is 236 g/mol. The first-order valence-corrected chi connectivity index (χ1v) is 5.66. The fraction of sp³-hybridized carbons (Fsp3) is 0.909. The minimum Gasteiger partial charge on any atom is -0.465 e. The molecule has 0 unspecified atom stereocenters. The van der Waals surface area contributed by atoms with Crippen LogP contribution in [-0.2, 0) is 9.53 Å². The molecule has 1 aliphatic carbocycles. The Kier molecular flexibility index (Phi) is 7.79. The number of esters is 1. The van der Waals surface area contributed by atoms with Crippen LogP contribution in [0.5, 0.6) is 0 Å². The van der Waals surface area contributed by atoms with Gasteiger partial charge in [0, 0.05) is 6.04 Å². The molecule has 15 heavy (non-hydrogen) atoms. The van der Waals surface area contributed by atoms with Crippen molar-refractivity contribution in [3.8, 4) is 0 Å². The van der Waals surface area contributed by atoms with E-state index in [4.69, 9.17) is 4.74 Å². The van der Waals surface area contributed by atoms with Gasteiger partial charge in [0.25, 0.3) is 0 Å². The Balaban J connectivity index is 0.00000196. The number of halogens is 1. The average Bonchev–Trinajstić information content (AvgIpc) is 2.19. The van der Waals surface area contributed by atoms with Crippen LogP contribution in [0.25, 0.3) is 0 Å². The number of rotatable bonds is 4. The lowest BCUT2D eigenvalue weighted by Crippen LogP contribution is -2.43. The van der Waals surface area contributed by atoms with Crippen LogP contribution in [0.1, 0.15) is 46.0 Å². The molecule has 4 heteroatoms. The number of nitrogens with one attached hydrogen (secondary N) is 1. The van der Waals surface area contributed by atoms with Crippen LogP contribution < -0.4 is 5.32 Å². The van der Waals surface area contributed by atoms with Crippen LogP contribution in [0.2, 0.25) is 0 Å². The molecule has 0 aliphatic heterocycles. The fourth-order valence-corrected chi connectivity index (χ4v) is 1.96. The molecule has 90 valence electrons. The third kappa shape index (κ3) is 5.38. The van der Waals surface area contributed by atoms with Crippen molar-refractivity contribution in [3.05, 3.63) is 0 Å². The van der Waals surface area contributed by atoms with Gasteiger partial charge in [0.2, 0.25) is 0 Å². The highest BCUT2D eigenvalue weighted by molar-refractivity contribution is 5.85. The highest BCUT2D eigenvalue weighted by Gasteiger charge is 2.20. The summed E-state index contributed by atoms with van der Waals surface area (Å²) >= 11 is 0. The molecule has 1 atom stereocenters. The van der Waals surface area contributed by atoms with Crippen molar-refractivity contribution in [1.82, 2.24) is 5.32 Å². The summed E-state index contributed by atoms with van der Waals surface area (Å²) in [4.78, 5) is 11.3. The Hall–Kier alpha value is -0.280. The second-order valence-corrected chi connectivity index (χ2v) is 3.98. The number of carbonyl (C=O) groups excluding carboxylic acids is 1. The van der Waals surface area contributed by atoms with E-state index in [0.717, 1.165) is 0 Å². The van der Waals surface area contributed by atoms with Gasteiger partial charge in [-0.1, -0.05) is 19.3 Å². The minimum absolute atomic E-state index is 0. The van der Waals surface area contributed by atoms with E-state index in [2.05, 4.69) is 5.32 Å². The zero-order chi connectivity index (χ0) is 10.4. The van der Waals surface area contributed by atoms with Crippen molar-refractivity contribution in [2.45, 2.75) is 58.0 Å². The summed E-state index contributed by atoms with van der Waals surface area (Å²) in [5.74, 6) is -0.127. The quantitative estimate of drug-likeness (QED) is 0.760. The van der Waals surface area contributed by atoms with Crippen LogP contribution in [0.15, 0.2) is 0 Å². The van der Waals surface area contributed by atoms with Gasteiger partial charge in [-0.05, 0) is 26.7 Å². The smallest absolute Gasteiger partial charge is 0.322 e. The maximum Gasteiger partial charge on any atom is 0.322 e. The molecule has 0 aromatic rings. The number of hydrogen-bond donors (Lipinski definition) is 1. The molecule has 0 spiro atoms. The standard InChI is InChI=1S/C11H21NO2.ClH/c1-3-14-11(13)9(2)12-10-7-5-4-6-8-10;/h9-10,12H,3-8H2,1-2H3;1H/t9-;/m0./s1. The van der Waals surface area contributed by atoms with Crippen LogP contribution in [0.4, 0.5) is 0 Å². The SMILES string of the molecule is CCOC(=O)[C@H](C)NC1CCCCC1.Cl. The van der Waals surface area contributed by atoms with Gasteiger partial charge in [-0.25, -0.2) is 0 Å². The van der Waals surface area contributed by atoms with Gasteiger partial charge in [-0.15, -0.1) is 12.4 Å². The van der Waals surface area contributed by atoms with Gasteiger partial charge in [0.05, 0.1) is 6.61 Å². The van der Waals surface area contributed by atoms with Gasteiger partial charge >= 0.3 is 5.97 Å². The lowest BCUT2D eigenvalue weighted by molar-refractivity contribution is -0.145. The van der Waals surface area contributed by atoms with Crippen molar-refractivity contribution in [2.75, 3.05) is 6.61 Å². The molecule has 0 bridgehead atoms. The Labute approximate surface area is 98.4 Å². The predicted octanol–water partition coefficient (Wildman–Crippen LogP) is 2.28. The van der Waals surface area contributed by atoms with Crippen LogP contribution in [-0.4, -0.2) is 24.7 Å². The molecular formula is C11H22ClNO2. The van der Waals surface area contributed by atoms with E-state index in [0.29, 0.717) is 12.6 Å². The first-order valence-electron chi connectivity index (χ1n) is 5.66. The minimum atomic E-state index is -0.155. The molecule has 1 aliphatic rings. The van der Waals surface area contributed by atoms with E-state index in [1.165, 1.54) is 32.1 Å². The summed E-state index contributed by atoms with van der Waals surface area (Å²) in [5, 5.41) is 3.33. The lowest BCUT2D eigenvalue weighted by atomic mass is 9.95. The monoisotopic (exact) mass is 235 g/mol. The molecule has 0 heterocycles. The Morgan fingerprint density at radius 3 is 2.53 bits per heavy atom. The molecule has 1 N–H and O–H groups in total. The van der Waals surface area contributed by atoms with Crippen molar-refractivity contribution >= 4 is 18.4 Å². The summed E-state index contributed by atoms with van der Waals surface area (Å²) in [6, 6.07) is 0.362. The van der Waals surface area contributed by atoms with Crippen LogP contribution in [0, 0.1) is 0 Å². The van der Waals surface area contributed by atoms with E-state index in [1.54, 1.807) is 0 Å². The lowest BCUT2D eigenvalue weighted by Gasteiger charge is -2.25. The predicted molar refractivity (Wildman–Crippen MR) is 63.4 cm³/mol. The fourth-order valence-electron chi connectivity index (χ4n) is 1.96. The van der Waals surface area contributed by atoms with Crippen molar-refractivity contribution in [1.29, 1.82) is 0 Å². The highest BCUT2D eigenvalue weighted by Crippen LogP contribution is 2.17. The molecule has 0 aromatic heterocycles. The second kappa shape index (κ2) is 7.94. The van der Waals surface area contributed by atoms with E-state index in [1.807, 2.05) is 13.8 Å². The summed E-state index contributed by atoms with van der Waals surface area (Å²) < 4.78 is 4.94. The van der Waals surface area contributed by atoms with Gasteiger partial charge in [-0.3, -0.25) is 4.79 Å². The Morgan fingerprint density at radius 1 is 1.40 bits per heavy atom. The normalized spacial score (nSPS) is 19.1. The summed E-state index contributed by atoms with van der Waals surface area (Å²) in [5.41, 5.74) is 0. The molecule has 1 rings (SSSR count). The first kappa shape index (κ1) is 14.7. The third-order valence-electron chi connectivity index (χ3n) is 2.73. The van der Waals surface area contributed by atoms with E-state index in [-0.39, 0.29) is 24.4 Å². The number of ether oxygens (including phenoxy) is 1. The van der Waals surface area contributed by atoms with Crippen LogP contribution in [0.3, 0.4) is 0 Å². The largest absolute Gasteiger partial charge is 0.465 e. The van der Waals surface area contributed by atoms with Gasteiger partial charge in [0.1, 0.15) is 6.04 Å². The van der Waals surface area contributed by atoms with E-state index in [9.17, 15) is 4.79 Å². The van der Waals surface area contributed by atoms with Gasteiger partial charge in [0.15, 0.2) is 0 Å². The molecule has 0 amide bonds. The molecular weight excluding hydrogens is 214 g/mol. The Morgan fingerprint density at radius 2 is 2.00 bits per heavy atom. The molecule has 0 aromatic carbocycles. The van der Waals surface area contributed by atoms with E-state index < -0.39 is 0 Å².